The second-order valence-corrected chi connectivity index (χ2v) is 6.91. The van der Waals surface area contributed by atoms with Crippen molar-refractivity contribution < 1.29 is 4.79 Å². The number of piperazine rings is 1. The smallest absolute Gasteiger partial charge is 0.321 e. The first-order valence-electron chi connectivity index (χ1n) is 7.10. The maximum absolute atomic E-state index is 12.3. The Labute approximate surface area is 142 Å². The summed E-state index contributed by atoms with van der Waals surface area (Å²) < 4.78 is 1.04. The zero-order valence-corrected chi connectivity index (χ0v) is 14.7. The number of anilines is 2. The lowest BCUT2D eigenvalue weighted by atomic mass is 10.2. The molecule has 0 aliphatic carbocycles. The number of hydrogen-bond acceptors (Lipinski definition) is 4. The van der Waals surface area contributed by atoms with Crippen LogP contribution in [0.1, 0.15) is 5.56 Å². The van der Waals surface area contributed by atoms with Crippen LogP contribution in [0, 0.1) is 6.92 Å². The summed E-state index contributed by atoms with van der Waals surface area (Å²) in [6.07, 6.45) is 1.81. The van der Waals surface area contributed by atoms with Gasteiger partial charge < -0.3 is 15.1 Å². The summed E-state index contributed by atoms with van der Waals surface area (Å²) in [5, 5.41) is 5.97. The second kappa shape index (κ2) is 6.66. The van der Waals surface area contributed by atoms with E-state index in [1.54, 1.807) is 11.3 Å². The van der Waals surface area contributed by atoms with E-state index in [0.717, 1.165) is 33.9 Å². The summed E-state index contributed by atoms with van der Waals surface area (Å²) in [6, 6.07) is 5.78. The van der Waals surface area contributed by atoms with E-state index in [0.29, 0.717) is 13.1 Å². The van der Waals surface area contributed by atoms with Crippen LogP contribution < -0.4 is 10.2 Å². The first-order chi connectivity index (χ1) is 10.6. The molecular formula is C15H17BrN4OS. The lowest BCUT2D eigenvalue weighted by molar-refractivity contribution is 0.208. The van der Waals surface area contributed by atoms with Gasteiger partial charge in [-0.2, -0.15) is 0 Å². The van der Waals surface area contributed by atoms with Crippen LogP contribution in [0.5, 0.6) is 0 Å². The Hall–Kier alpha value is -1.60. The van der Waals surface area contributed by atoms with Gasteiger partial charge in [0.05, 0.1) is 0 Å². The molecule has 0 saturated carbocycles. The molecule has 1 saturated heterocycles. The molecule has 1 fully saturated rings. The van der Waals surface area contributed by atoms with Crippen molar-refractivity contribution in [1.82, 2.24) is 9.88 Å². The van der Waals surface area contributed by atoms with E-state index in [1.165, 1.54) is 0 Å². The maximum atomic E-state index is 12.3. The van der Waals surface area contributed by atoms with Gasteiger partial charge in [0, 0.05) is 47.9 Å². The van der Waals surface area contributed by atoms with Crippen LogP contribution in [0.2, 0.25) is 0 Å². The molecule has 0 atom stereocenters. The van der Waals surface area contributed by atoms with Crippen molar-refractivity contribution in [2.45, 2.75) is 6.92 Å². The van der Waals surface area contributed by atoms with E-state index in [2.05, 4.69) is 31.1 Å². The monoisotopic (exact) mass is 380 g/mol. The number of urea groups is 1. The number of carbonyl (C=O) groups excluding carboxylic acids is 1. The van der Waals surface area contributed by atoms with Crippen LogP contribution in [0.25, 0.3) is 0 Å². The van der Waals surface area contributed by atoms with Gasteiger partial charge in [0.25, 0.3) is 0 Å². The summed E-state index contributed by atoms with van der Waals surface area (Å²) >= 11 is 5.10. The Bertz CT molecular complexity index is 654. The molecule has 1 aromatic heterocycles. The predicted octanol–water partition coefficient (Wildman–Crippen LogP) is 3.57. The minimum Gasteiger partial charge on any atom is -0.345 e. The number of nitrogens with one attached hydrogen (secondary N) is 1. The summed E-state index contributed by atoms with van der Waals surface area (Å²) in [5.74, 6) is 0. The van der Waals surface area contributed by atoms with Gasteiger partial charge in [0.15, 0.2) is 5.13 Å². The van der Waals surface area contributed by atoms with Crippen LogP contribution >= 0.6 is 27.3 Å². The largest absolute Gasteiger partial charge is 0.345 e. The van der Waals surface area contributed by atoms with Crippen LogP contribution in [-0.4, -0.2) is 42.1 Å². The van der Waals surface area contributed by atoms with E-state index >= 15 is 0 Å². The van der Waals surface area contributed by atoms with E-state index in [-0.39, 0.29) is 6.03 Å². The number of halogens is 1. The van der Waals surface area contributed by atoms with Gasteiger partial charge >= 0.3 is 6.03 Å². The number of rotatable bonds is 2. The van der Waals surface area contributed by atoms with Gasteiger partial charge in [-0.3, -0.25) is 0 Å². The van der Waals surface area contributed by atoms with Gasteiger partial charge in [0.1, 0.15) is 0 Å². The second-order valence-electron chi connectivity index (χ2n) is 5.18. The van der Waals surface area contributed by atoms with Crippen LogP contribution in [0.3, 0.4) is 0 Å². The van der Waals surface area contributed by atoms with Crippen molar-refractivity contribution in [3.05, 3.63) is 39.8 Å². The maximum Gasteiger partial charge on any atom is 0.321 e. The highest BCUT2D eigenvalue weighted by atomic mass is 79.9. The van der Waals surface area contributed by atoms with Crippen LogP contribution in [0.4, 0.5) is 15.6 Å². The molecular weight excluding hydrogens is 364 g/mol. The Balaban J connectivity index is 1.56. The summed E-state index contributed by atoms with van der Waals surface area (Å²) in [5.41, 5.74) is 1.93. The molecule has 5 nitrogen and oxygen atoms in total. The Kier molecular flexibility index (Phi) is 4.63. The van der Waals surface area contributed by atoms with E-state index in [4.69, 9.17) is 0 Å². The number of thiazole rings is 1. The van der Waals surface area contributed by atoms with Crippen LogP contribution in [0.15, 0.2) is 34.2 Å². The lowest BCUT2D eigenvalue weighted by Crippen LogP contribution is -2.50. The molecule has 0 unspecified atom stereocenters. The topological polar surface area (TPSA) is 48.5 Å². The molecule has 7 heteroatoms. The Morgan fingerprint density at radius 1 is 1.32 bits per heavy atom. The average Bonchev–Trinajstić information content (AvgIpc) is 3.05. The molecule has 0 bridgehead atoms. The number of hydrogen-bond donors (Lipinski definition) is 1. The van der Waals surface area contributed by atoms with E-state index in [1.807, 2.05) is 41.6 Å². The molecule has 1 N–H and O–H groups in total. The highest BCUT2D eigenvalue weighted by molar-refractivity contribution is 9.10. The van der Waals surface area contributed by atoms with E-state index < -0.39 is 0 Å². The molecule has 0 radical (unpaired) electrons. The molecule has 2 aromatic rings. The van der Waals surface area contributed by atoms with Crippen molar-refractivity contribution in [3.63, 3.8) is 0 Å². The third-order valence-electron chi connectivity index (χ3n) is 3.67. The Morgan fingerprint density at radius 3 is 2.73 bits per heavy atom. The Morgan fingerprint density at radius 2 is 2.09 bits per heavy atom. The molecule has 2 amide bonds. The molecule has 22 heavy (non-hydrogen) atoms. The van der Waals surface area contributed by atoms with Crippen LogP contribution in [-0.2, 0) is 0 Å². The quantitative estimate of drug-likeness (QED) is 0.865. The summed E-state index contributed by atoms with van der Waals surface area (Å²) in [4.78, 5) is 20.7. The van der Waals surface area contributed by atoms with Gasteiger partial charge in [-0.15, -0.1) is 11.3 Å². The standard InChI is InChI=1S/C15H17BrN4OS/c1-11-10-12(2-3-13(11)16)18-14(21)19-5-7-20(8-6-19)15-17-4-9-22-15/h2-4,9-10H,5-8H2,1H3,(H,18,21). The number of nitrogens with zero attached hydrogens (tertiary/aromatic N) is 3. The molecule has 116 valence electrons. The fourth-order valence-electron chi connectivity index (χ4n) is 2.40. The highest BCUT2D eigenvalue weighted by Crippen LogP contribution is 2.21. The first kappa shape index (κ1) is 15.3. The average molecular weight is 381 g/mol. The zero-order valence-electron chi connectivity index (χ0n) is 12.3. The highest BCUT2D eigenvalue weighted by Gasteiger charge is 2.22. The predicted molar refractivity (Wildman–Crippen MR) is 93.8 cm³/mol. The normalized spacial score (nSPS) is 15.0. The SMILES string of the molecule is Cc1cc(NC(=O)N2CCN(c3nccs3)CC2)ccc1Br. The number of carbonyl (C=O) groups is 1. The molecule has 1 aliphatic heterocycles. The molecule has 0 spiro atoms. The number of amides is 2. The van der Waals surface area contributed by atoms with Gasteiger partial charge in [0.2, 0.25) is 0 Å². The fourth-order valence-corrected chi connectivity index (χ4v) is 3.34. The van der Waals surface area contributed by atoms with Gasteiger partial charge in [-0.05, 0) is 30.7 Å². The number of benzene rings is 1. The van der Waals surface area contributed by atoms with Gasteiger partial charge in [-0.25, -0.2) is 9.78 Å². The molecule has 1 aliphatic rings. The minimum atomic E-state index is -0.0412. The number of aryl methyl sites for hydroxylation is 1. The molecule has 2 heterocycles. The van der Waals surface area contributed by atoms with E-state index in [9.17, 15) is 4.79 Å². The van der Waals surface area contributed by atoms with Crippen molar-refractivity contribution in [2.75, 3.05) is 36.4 Å². The van der Waals surface area contributed by atoms with Crippen molar-refractivity contribution >= 4 is 44.1 Å². The summed E-state index contributed by atoms with van der Waals surface area (Å²) in [7, 11) is 0. The third-order valence-corrected chi connectivity index (χ3v) is 5.39. The van der Waals surface area contributed by atoms with Crippen molar-refractivity contribution in [1.29, 1.82) is 0 Å². The van der Waals surface area contributed by atoms with Gasteiger partial charge in [-0.1, -0.05) is 15.9 Å². The zero-order chi connectivity index (χ0) is 15.5. The molecule has 1 aromatic carbocycles. The lowest BCUT2D eigenvalue weighted by Gasteiger charge is -2.34. The minimum absolute atomic E-state index is 0.0412. The van der Waals surface area contributed by atoms with Crippen molar-refractivity contribution in [2.24, 2.45) is 0 Å². The fraction of sp³-hybridized carbons (Fsp3) is 0.333. The molecule has 3 rings (SSSR count). The first-order valence-corrected chi connectivity index (χ1v) is 8.77. The summed E-state index contributed by atoms with van der Waals surface area (Å²) in [6.45, 7) is 5.06. The number of aromatic nitrogens is 1. The van der Waals surface area contributed by atoms with Crippen molar-refractivity contribution in [3.8, 4) is 0 Å². The third kappa shape index (κ3) is 3.41.